The number of hydrogen-bond donors (Lipinski definition) is 3. The first-order valence-electron chi connectivity index (χ1n) is 11.8. The van der Waals surface area contributed by atoms with Crippen LogP contribution in [-0.2, 0) is 22.4 Å². The van der Waals surface area contributed by atoms with Gasteiger partial charge in [-0.3, -0.25) is 9.59 Å². The van der Waals surface area contributed by atoms with E-state index < -0.39 is 12.0 Å². The summed E-state index contributed by atoms with van der Waals surface area (Å²) in [6, 6.07) is 11.3. The first-order chi connectivity index (χ1) is 16.1. The van der Waals surface area contributed by atoms with Gasteiger partial charge in [0.25, 0.3) is 0 Å². The molecular formula is C25H29N5O3. The Morgan fingerprint density at radius 3 is 2.94 bits per heavy atom. The number of imidazole rings is 1. The average Bonchev–Trinajstić information content (AvgIpc) is 3.41. The highest BCUT2D eigenvalue weighted by atomic mass is 16.4. The number of pyridine rings is 1. The van der Waals surface area contributed by atoms with Gasteiger partial charge >= 0.3 is 5.97 Å². The van der Waals surface area contributed by atoms with Crippen LogP contribution in [0.1, 0.15) is 55.2 Å². The second-order valence-corrected chi connectivity index (χ2v) is 9.00. The third kappa shape index (κ3) is 4.55. The zero-order valence-electron chi connectivity index (χ0n) is 18.6. The number of carbonyl (C=O) groups is 2. The maximum Gasteiger partial charge on any atom is 0.305 e. The maximum atomic E-state index is 13.2. The van der Waals surface area contributed by atoms with Gasteiger partial charge in [0, 0.05) is 24.7 Å². The molecule has 2 aromatic heterocycles. The summed E-state index contributed by atoms with van der Waals surface area (Å²) in [5.41, 5.74) is 3.95. The van der Waals surface area contributed by atoms with Crippen LogP contribution >= 0.6 is 0 Å². The van der Waals surface area contributed by atoms with E-state index in [1.165, 1.54) is 5.56 Å². The molecule has 3 N–H and O–H groups in total. The van der Waals surface area contributed by atoms with Crippen molar-refractivity contribution in [3.63, 3.8) is 0 Å². The van der Waals surface area contributed by atoms with Crippen molar-refractivity contribution in [2.45, 2.75) is 51.0 Å². The summed E-state index contributed by atoms with van der Waals surface area (Å²) in [6.45, 7) is 1.53. The number of aromatic nitrogens is 3. The molecule has 1 fully saturated rings. The molecule has 8 heteroatoms. The predicted molar refractivity (Wildman–Crippen MR) is 125 cm³/mol. The van der Waals surface area contributed by atoms with Gasteiger partial charge < -0.3 is 20.3 Å². The van der Waals surface area contributed by atoms with E-state index in [1.807, 2.05) is 24.3 Å². The molecule has 0 saturated carbocycles. The number of rotatable bonds is 8. The van der Waals surface area contributed by atoms with Gasteiger partial charge in [0.05, 0.1) is 17.5 Å². The van der Waals surface area contributed by atoms with Crippen LogP contribution < -0.4 is 5.32 Å². The molecule has 0 radical (unpaired) electrons. The lowest BCUT2D eigenvalue weighted by molar-refractivity contribution is -0.140. The molecule has 0 aliphatic carbocycles. The lowest BCUT2D eigenvalue weighted by Gasteiger charge is -2.25. The molecule has 0 spiro atoms. The van der Waals surface area contributed by atoms with Gasteiger partial charge in [0.15, 0.2) is 0 Å². The van der Waals surface area contributed by atoms with Gasteiger partial charge in [-0.2, -0.15) is 0 Å². The van der Waals surface area contributed by atoms with Gasteiger partial charge in [-0.1, -0.05) is 18.2 Å². The summed E-state index contributed by atoms with van der Waals surface area (Å²) in [5, 5.41) is 12.9. The summed E-state index contributed by atoms with van der Waals surface area (Å²) < 4.78 is 0. The molecule has 2 aliphatic heterocycles. The van der Waals surface area contributed by atoms with E-state index in [9.17, 15) is 14.7 Å². The van der Waals surface area contributed by atoms with E-state index in [4.69, 9.17) is 4.98 Å². The number of benzene rings is 1. The SMILES string of the molecule is O=C(O)C[C@@H](c1nc2ccccc2[nH]1)N1CCC(CCCc2ccc3c(n2)NCCC3)C1=O. The summed E-state index contributed by atoms with van der Waals surface area (Å²) in [5.74, 6) is 0.551. The number of carboxylic acids is 1. The number of likely N-dealkylation sites (tertiary alicyclic amines) is 1. The molecule has 3 aromatic rings. The minimum Gasteiger partial charge on any atom is -0.481 e. The van der Waals surface area contributed by atoms with Crippen molar-refractivity contribution in [3.05, 3.63) is 53.5 Å². The van der Waals surface area contributed by atoms with Crippen LogP contribution in [-0.4, -0.2) is 49.9 Å². The standard InChI is InChI=1S/C25H29N5O3/c31-22(32)15-21(24-28-19-8-1-2-9-20(19)29-24)30-14-12-17(25(30)33)5-3-7-18-11-10-16-6-4-13-26-23(16)27-18/h1-2,8-11,17,21H,3-7,12-15H2,(H,26,27)(H,28,29)(H,31,32)/t17?,21-/m0/s1. The zero-order chi connectivity index (χ0) is 22.8. The van der Waals surface area contributed by atoms with Crippen LogP contribution in [0.2, 0.25) is 0 Å². The quantitative estimate of drug-likeness (QED) is 0.486. The molecule has 4 heterocycles. The van der Waals surface area contributed by atoms with E-state index >= 15 is 0 Å². The molecule has 1 amide bonds. The number of nitrogens with zero attached hydrogens (tertiary/aromatic N) is 3. The highest BCUT2D eigenvalue weighted by Crippen LogP contribution is 2.33. The van der Waals surface area contributed by atoms with Crippen molar-refractivity contribution in [3.8, 4) is 0 Å². The fourth-order valence-electron chi connectivity index (χ4n) is 5.03. The summed E-state index contributed by atoms with van der Waals surface area (Å²) >= 11 is 0. The fourth-order valence-corrected chi connectivity index (χ4v) is 5.03. The fraction of sp³-hybridized carbons (Fsp3) is 0.440. The van der Waals surface area contributed by atoms with E-state index in [0.717, 1.165) is 67.6 Å². The monoisotopic (exact) mass is 447 g/mol. The number of carbonyl (C=O) groups excluding carboxylic acids is 1. The summed E-state index contributed by atoms with van der Waals surface area (Å²) in [6.07, 6.45) is 5.29. The Morgan fingerprint density at radius 2 is 2.09 bits per heavy atom. The topological polar surface area (TPSA) is 111 Å². The molecule has 1 aromatic carbocycles. The van der Waals surface area contributed by atoms with Gasteiger partial charge in [-0.15, -0.1) is 0 Å². The van der Waals surface area contributed by atoms with Crippen LogP contribution in [0.3, 0.4) is 0 Å². The van der Waals surface area contributed by atoms with Crippen LogP contribution in [0.25, 0.3) is 11.0 Å². The van der Waals surface area contributed by atoms with Crippen LogP contribution in [0.15, 0.2) is 36.4 Å². The van der Waals surface area contributed by atoms with Crippen molar-refractivity contribution < 1.29 is 14.7 Å². The van der Waals surface area contributed by atoms with Gasteiger partial charge in [0.1, 0.15) is 17.7 Å². The minimum atomic E-state index is -0.941. The highest BCUT2D eigenvalue weighted by molar-refractivity contribution is 5.82. The van der Waals surface area contributed by atoms with Crippen LogP contribution in [0.5, 0.6) is 0 Å². The third-order valence-electron chi connectivity index (χ3n) is 6.76. The van der Waals surface area contributed by atoms with Crippen molar-refractivity contribution in [1.29, 1.82) is 0 Å². The van der Waals surface area contributed by atoms with Crippen molar-refractivity contribution >= 4 is 28.7 Å². The van der Waals surface area contributed by atoms with Gasteiger partial charge in [0.2, 0.25) is 5.91 Å². The molecule has 8 nitrogen and oxygen atoms in total. The average molecular weight is 448 g/mol. The molecule has 33 heavy (non-hydrogen) atoms. The van der Waals surface area contributed by atoms with Crippen LogP contribution in [0.4, 0.5) is 5.82 Å². The molecule has 1 saturated heterocycles. The Morgan fingerprint density at radius 1 is 1.21 bits per heavy atom. The molecule has 5 rings (SSSR count). The summed E-state index contributed by atoms with van der Waals surface area (Å²) in [4.78, 5) is 39.1. The Hall–Kier alpha value is -3.42. The van der Waals surface area contributed by atoms with Gasteiger partial charge in [-0.05, 0) is 62.3 Å². The van der Waals surface area contributed by atoms with Gasteiger partial charge in [-0.25, -0.2) is 9.97 Å². The normalized spacial score (nSPS) is 18.8. The molecular weight excluding hydrogens is 418 g/mol. The van der Waals surface area contributed by atoms with E-state index in [1.54, 1.807) is 4.90 Å². The number of para-hydroxylation sites is 2. The Bertz CT molecular complexity index is 1140. The number of aromatic amines is 1. The Labute approximate surface area is 192 Å². The number of hydrogen-bond acceptors (Lipinski definition) is 5. The molecule has 1 unspecified atom stereocenters. The predicted octanol–water partition coefficient (Wildman–Crippen LogP) is 3.70. The number of aryl methyl sites for hydroxylation is 2. The number of aliphatic carboxylic acids is 1. The maximum absolute atomic E-state index is 13.2. The summed E-state index contributed by atoms with van der Waals surface area (Å²) in [7, 11) is 0. The molecule has 172 valence electrons. The smallest absolute Gasteiger partial charge is 0.305 e. The Kier molecular flexibility index (Phi) is 5.98. The highest BCUT2D eigenvalue weighted by Gasteiger charge is 2.38. The number of amides is 1. The number of fused-ring (bicyclic) bond motifs is 2. The molecule has 0 bridgehead atoms. The lowest BCUT2D eigenvalue weighted by atomic mass is 9.99. The number of nitrogens with one attached hydrogen (secondary N) is 2. The largest absolute Gasteiger partial charge is 0.481 e. The number of carboxylic acid groups (broad SMARTS) is 1. The number of anilines is 1. The van der Waals surface area contributed by atoms with Crippen molar-refractivity contribution in [2.75, 3.05) is 18.4 Å². The first kappa shape index (κ1) is 21.4. The third-order valence-corrected chi connectivity index (χ3v) is 6.76. The second-order valence-electron chi connectivity index (χ2n) is 9.00. The van der Waals surface area contributed by atoms with E-state index in [-0.39, 0.29) is 18.2 Å². The molecule has 2 aliphatic rings. The van der Waals surface area contributed by atoms with Crippen LogP contribution in [0, 0.1) is 5.92 Å². The van der Waals surface area contributed by atoms with Crippen molar-refractivity contribution in [1.82, 2.24) is 19.9 Å². The number of H-pyrrole nitrogens is 1. The molecule has 2 atom stereocenters. The van der Waals surface area contributed by atoms with Crippen molar-refractivity contribution in [2.24, 2.45) is 5.92 Å². The Balaban J connectivity index is 1.23. The second kappa shape index (κ2) is 9.21. The zero-order valence-corrected chi connectivity index (χ0v) is 18.6. The van der Waals surface area contributed by atoms with E-state index in [0.29, 0.717) is 12.4 Å². The van der Waals surface area contributed by atoms with E-state index in [2.05, 4.69) is 27.4 Å². The lowest BCUT2D eigenvalue weighted by Crippen LogP contribution is -2.34. The minimum absolute atomic E-state index is 0.0294. The first-order valence-corrected chi connectivity index (χ1v) is 11.8.